The normalized spacial score (nSPS) is 12.8. The first-order chi connectivity index (χ1) is 6.27. The molecule has 1 N–H and O–H groups in total. The number of nitrogens with one attached hydrogen (secondary N) is 1. The molecular formula is C11H16IN. The zero-order valence-electron chi connectivity index (χ0n) is 8.18. The van der Waals surface area contributed by atoms with Crippen molar-refractivity contribution in [2.45, 2.75) is 26.3 Å². The molecule has 13 heavy (non-hydrogen) atoms. The molecule has 1 atom stereocenters. The standard InChI is InChI=1S/C11H16IN/c1-3-11(13-4-2)9-5-7-10(12)8-6-9/h5-8,11,13H,3-4H2,1-2H3. The number of halogens is 1. The average Bonchev–Trinajstić information content (AvgIpc) is 2.16. The van der Waals surface area contributed by atoms with Gasteiger partial charge in [-0.1, -0.05) is 26.0 Å². The summed E-state index contributed by atoms with van der Waals surface area (Å²) >= 11 is 2.33. The van der Waals surface area contributed by atoms with E-state index in [4.69, 9.17) is 0 Å². The molecule has 0 aromatic heterocycles. The van der Waals surface area contributed by atoms with E-state index in [2.05, 4.69) is 66.0 Å². The van der Waals surface area contributed by atoms with Gasteiger partial charge in [-0.15, -0.1) is 0 Å². The zero-order chi connectivity index (χ0) is 9.68. The first-order valence-corrected chi connectivity index (χ1v) is 5.84. The van der Waals surface area contributed by atoms with E-state index in [1.165, 1.54) is 9.13 Å². The molecule has 0 radical (unpaired) electrons. The summed E-state index contributed by atoms with van der Waals surface area (Å²) in [6, 6.07) is 9.25. The number of hydrogen-bond acceptors (Lipinski definition) is 1. The Morgan fingerprint density at radius 3 is 2.31 bits per heavy atom. The third-order valence-electron chi connectivity index (χ3n) is 2.13. The first-order valence-electron chi connectivity index (χ1n) is 4.76. The van der Waals surface area contributed by atoms with Crippen molar-refractivity contribution in [2.75, 3.05) is 6.54 Å². The van der Waals surface area contributed by atoms with Crippen LogP contribution in [0.4, 0.5) is 0 Å². The van der Waals surface area contributed by atoms with Gasteiger partial charge in [0.05, 0.1) is 0 Å². The minimum Gasteiger partial charge on any atom is -0.310 e. The van der Waals surface area contributed by atoms with Crippen LogP contribution in [0.3, 0.4) is 0 Å². The van der Waals surface area contributed by atoms with Gasteiger partial charge in [0.25, 0.3) is 0 Å². The van der Waals surface area contributed by atoms with Crippen molar-refractivity contribution in [2.24, 2.45) is 0 Å². The average molecular weight is 289 g/mol. The van der Waals surface area contributed by atoms with Crippen molar-refractivity contribution >= 4 is 22.6 Å². The highest BCUT2D eigenvalue weighted by molar-refractivity contribution is 14.1. The smallest absolute Gasteiger partial charge is 0.0317 e. The number of benzene rings is 1. The highest BCUT2D eigenvalue weighted by Crippen LogP contribution is 2.17. The molecule has 1 rings (SSSR count). The summed E-state index contributed by atoms with van der Waals surface area (Å²) in [5.74, 6) is 0. The van der Waals surface area contributed by atoms with Gasteiger partial charge in [-0.25, -0.2) is 0 Å². The monoisotopic (exact) mass is 289 g/mol. The predicted octanol–water partition coefficient (Wildman–Crippen LogP) is 3.35. The first kappa shape index (κ1) is 11.0. The van der Waals surface area contributed by atoms with Crippen molar-refractivity contribution in [3.05, 3.63) is 33.4 Å². The highest BCUT2D eigenvalue weighted by atomic mass is 127. The van der Waals surface area contributed by atoms with Crippen LogP contribution in [0.25, 0.3) is 0 Å². The molecule has 0 saturated carbocycles. The molecule has 1 unspecified atom stereocenters. The lowest BCUT2D eigenvalue weighted by Gasteiger charge is -2.15. The molecule has 0 aliphatic rings. The Bertz CT molecular complexity index is 243. The second-order valence-corrected chi connectivity index (χ2v) is 4.32. The lowest BCUT2D eigenvalue weighted by atomic mass is 10.1. The SMILES string of the molecule is CCNC(CC)c1ccc(I)cc1. The maximum absolute atomic E-state index is 3.47. The zero-order valence-corrected chi connectivity index (χ0v) is 10.3. The molecular weight excluding hydrogens is 273 g/mol. The van der Waals surface area contributed by atoms with Crippen molar-refractivity contribution in [1.29, 1.82) is 0 Å². The maximum atomic E-state index is 3.47. The molecule has 2 heteroatoms. The van der Waals surface area contributed by atoms with Crippen LogP contribution in [-0.4, -0.2) is 6.54 Å². The second kappa shape index (κ2) is 5.60. The molecule has 0 amide bonds. The Labute approximate surface area is 94.1 Å². The van der Waals surface area contributed by atoms with Crippen LogP contribution < -0.4 is 5.32 Å². The molecule has 0 heterocycles. The van der Waals surface area contributed by atoms with Crippen LogP contribution in [0.1, 0.15) is 31.9 Å². The van der Waals surface area contributed by atoms with Crippen LogP contribution >= 0.6 is 22.6 Å². The Morgan fingerprint density at radius 2 is 1.85 bits per heavy atom. The molecule has 72 valence electrons. The number of hydrogen-bond donors (Lipinski definition) is 1. The maximum Gasteiger partial charge on any atom is 0.0317 e. The third-order valence-corrected chi connectivity index (χ3v) is 2.85. The molecule has 0 spiro atoms. The highest BCUT2D eigenvalue weighted by Gasteiger charge is 2.05. The molecule has 1 aromatic rings. The van der Waals surface area contributed by atoms with Crippen molar-refractivity contribution in [3.8, 4) is 0 Å². The van der Waals surface area contributed by atoms with Gasteiger partial charge >= 0.3 is 0 Å². The molecule has 0 aliphatic heterocycles. The molecule has 0 aliphatic carbocycles. The summed E-state index contributed by atoms with van der Waals surface area (Å²) in [7, 11) is 0. The van der Waals surface area contributed by atoms with Gasteiger partial charge in [0, 0.05) is 9.61 Å². The van der Waals surface area contributed by atoms with Gasteiger partial charge in [0.2, 0.25) is 0 Å². The van der Waals surface area contributed by atoms with Gasteiger partial charge in [-0.3, -0.25) is 0 Å². The van der Waals surface area contributed by atoms with Crippen LogP contribution in [0.2, 0.25) is 0 Å². The summed E-state index contributed by atoms with van der Waals surface area (Å²) in [5.41, 5.74) is 1.39. The van der Waals surface area contributed by atoms with E-state index in [0.717, 1.165) is 13.0 Å². The van der Waals surface area contributed by atoms with Gasteiger partial charge < -0.3 is 5.32 Å². The van der Waals surface area contributed by atoms with Crippen LogP contribution in [0.15, 0.2) is 24.3 Å². The Kier molecular flexibility index (Phi) is 4.73. The van der Waals surface area contributed by atoms with E-state index in [1.54, 1.807) is 0 Å². The minimum atomic E-state index is 0.516. The Balaban J connectivity index is 2.73. The van der Waals surface area contributed by atoms with E-state index < -0.39 is 0 Å². The molecule has 0 saturated heterocycles. The van der Waals surface area contributed by atoms with Gasteiger partial charge in [-0.05, 0) is 53.3 Å². The van der Waals surface area contributed by atoms with Gasteiger partial charge in [-0.2, -0.15) is 0 Å². The lowest BCUT2D eigenvalue weighted by molar-refractivity contribution is 0.537. The molecule has 0 fully saturated rings. The minimum absolute atomic E-state index is 0.516. The van der Waals surface area contributed by atoms with E-state index in [1.807, 2.05) is 0 Å². The van der Waals surface area contributed by atoms with E-state index >= 15 is 0 Å². The predicted molar refractivity (Wildman–Crippen MR) is 65.9 cm³/mol. The van der Waals surface area contributed by atoms with Crippen LogP contribution in [-0.2, 0) is 0 Å². The summed E-state index contributed by atoms with van der Waals surface area (Å²) in [5, 5.41) is 3.47. The van der Waals surface area contributed by atoms with Crippen molar-refractivity contribution < 1.29 is 0 Å². The van der Waals surface area contributed by atoms with Crippen molar-refractivity contribution in [1.82, 2.24) is 5.32 Å². The molecule has 0 bridgehead atoms. The quantitative estimate of drug-likeness (QED) is 0.838. The van der Waals surface area contributed by atoms with E-state index in [0.29, 0.717) is 6.04 Å². The van der Waals surface area contributed by atoms with E-state index in [-0.39, 0.29) is 0 Å². The Hall–Kier alpha value is -0.0900. The molecule has 1 aromatic carbocycles. The largest absolute Gasteiger partial charge is 0.310 e. The van der Waals surface area contributed by atoms with Crippen LogP contribution in [0, 0.1) is 3.57 Å². The van der Waals surface area contributed by atoms with Crippen LogP contribution in [0.5, 0.6) is 0 Å². The van der Waals surface area contributed by atoms with E-state index in [9.17, 15) is 0 Å². The van der Waals surface area contributed by atoms with Gasteiger partial charge in [0.15, 0.2) is 0 Å². The van der Waals surface area contributed by atoms with Gasteiger partial charge in [0.1, 0.15) is 0 Å². The fourth-order valence-electron chi connectivity index (χ4n) is 1.44. The number of rotatable bonds is 4. The molecule has 1 nitrogen and oxygen atoms in total. The summed E-state index contributed by atoms with van der Waals surface area (Å²) in [6.07, 6.45) is 1.15. The topological polar surface area (TPSA) is 12.0 Å². The summed E-state index contributed by atoms with van der Waals surface area (Å²) in [4.78, 5) is 0. The summed E-state index contributed by atoms with van der Waals surface area (Å²) in [6.45, 7) is 5.39. The van der Waals surface area contributed by atoms with Crippen molar-refractivity contribution in [3.63, 3.8) is 0 Å². The lowest BCUT2D eigenvalue weighted by Crippen LogP contribution is -2.19. The third kappa shape index (κ3) is 3.27. The fraction of sp³-hybridized carbons (Fsp3) is 0.455. The Morgan fingerprint density at radius 1 is 1.23 bits per heavy atom. The fourth-order valence-corrected chi connectivity index (χ4v) is 1.80. The summed E-state index contributed by atoms with van der Waals surface area (Å²) < 4.78 is 1.30. The second-order valence-electron chi connectivity index (χ2n) is 3.07.